The van der Waals surface area contributed by atoms with Crippen molar-refractivity contribution in [3.8, 4) is 28.3 Å². The summed E-state index contributed by atoms with van der Waals surface area (Å²) in [6.45, 7) is 1.01. The van der Waals surface area contributed by atoms with Gasteiger partial charge in [0.15, 0.2) is 0 Å². The molecule has 0 radical (unpaired) electrons. The highest BCUT2D eigenvalue weighted by atomic mass is 16.6. The minimum atomic E-state index is -0.523. The van der Waals surface area contributed by atoms with Crippen LogP contribution in [-0.4, -0.2) is 52.0 Å². The second-order valence-electron chi connectivity index (χ2n) is 6.65. The highest BCUT2D eigenvalue weighted by Gasteiger charge is 2.21. The van der Waals surface area contributed by atoms with Crippen LogP contribution in [0.5, 0.6) is 5.75 Å². The topological polar surface area (TPSA) is 125 Å². The van der Waals surface area contributed by atoms with Crippen LogP contribution in [0.4, 0.5) is 11.4 Å². The van der Waals surface area contributed by atoms with E-state index in [4.69, 9.17) is 4.74 Å². The zero-order chi connectivity index (χ0) is 21.7. The molecule has 10 heteroatoms. The van der Waals surface area contributed by atoms with E-state index in [1.807, 2.05) is 19.0 Å². The summed E-state index contributed by atoms with van der Waals surface area (Å²) in [5, 5.41) is 22.9. The summed E-state index contributed by atoms with van der Waals surface area (Å²) in [5.74, 6) is 0.407. The fourth-order valence-corrected chi connectivity index (χ4v) is 2.84. The van der Waals surface area contributed by atoms with Gasteiger partial charge >= 0.3 is 0 Å². The first-order valence-electron chi connectivity index (χ1n) is 8.99. The van der Waals surface area contributed by atoms with Gasteiger partial charge < -0.3 is 9.64 Å². The van der Waals surface area contributed by atoms with Crippen molar-refractivity contribution in [2.75, 3.05) is 27.2 Å². The highest BCUT2D eigenvalue weighted by molar-refractivity contribution is 5.79. The Morgan fingerprint density at radius 1 is 0.900 bits per heavy atom. The quantitative estimate of drug-likeness (QED) is 0.408. The minimum Gasteiger partial charge on any atom is -0.492 e. The number of aromatic nitrogens is 2. The third-order valence-electron chi connectivity index (χ3n) is 4.23. The molecular weight excluding hydrogens is 390 g/mol. The van der Waals surface area contributed by atoms with Crippen molar-refractivity contribution in [3.05, 3.63) is 75.1 Å². The number of hydrogen-bond donors (Lipinski definition) is 0. The van der Waals surface area contributed by atoms with E-state index in [2.05, 4.69) is 9.97 Å². The summed E-state index contributed by atoms with van der Waals surface area (Å²) in [6, 6.07) is 10.5. The lowest BCUT2D eigenvalue weighted by Crippen LogP contribution is -2.19. The van der Waals surface area contributed by atoms with Crippen LogP contribution in [0.15, 0.2) is 54.9 Å². The third-order valence-corrected chi connectivity index (χ3v) is 4.23. The predicted molar refractivity (Wildman–Crippen MR) is 110 cm³/mol. The molecule has 154 valence electrons. The number of ether oxygens (including phenoxy) is 1. The second kappa shape index (κ2) is 9.05. The van der Waals surface area contributed by atoms with Gasteiger partial charge in [-0.3, -0.25) is 20.2 Å². The fraction of sp³-hybridized carbons (Fsp3) is 0.200. The molecule has 2 heterocycles. The van der Waals surface area contributed by atoms with Crippen LogP contribution in [0.2, 0.25) is 0 Å². The zero-order valence-electron chi connectivity index (χ0n) is 16.4. The molecule has 0 spiro atoms. The van der Waals surface area contributed by atoms with Crippen LogP contribution in [0, 0.1) is 20.2 Å². The maximum Gasteiger partial charge on any atom is 0.295 e. The van der Waals surface area contributed by atoms with E-state index in [0.717, 1.165) is 0 Å². The molecule has 0 saturated heterocycles. The van der Waals surface area contributed by atoms with Crippen LogP contribution < -0.4 is 4.74 Å². The Bertz CT molecular complexity index is 1010. The van der Waals surface area contributed by atoms with Crippen molar-refractivity contribution in [2.24, 2.45) is 0 Å². The Morgan fingerprint density at radius 3 is 1.83 bits per heavy atom. The molecule has 0 amide bonds. The Labute approximate surface area is 172 Å². The van der Waals surface area contributed by atoms with E-state index < -0.39 is 9.85 Å². The van der Waals surface area contributed by atoms with Gasteiger partial charge in [0.1, 0.15) is 23.7 Å². The van der Waals surface area contributed by atoms with Gasteiger partial charge in [0.2, 0.25) is 0 Å². The molecule has 3 rings (SSSR count). The standard InChI is InChI=1S/C20H19N5O5/c1-23(2)9-10-30-16-12-14(19-17(24(26)27)5-3-7-21-19)11-15(13-16)20-18(25(28)29)6-4-8-22-20/h3-8,11-13H,9-10H2,1-2H3. The Hall–Kier alpha value is -3.92. The predicted octanol–water partition coefficient (Wildman–Crippen LogP) is 3.57. The molecule has 2 aromatic heterocycles. The first-order valence-corrected chi connectivity index (χ1v) is 8.99. The first kappa shape index (κ1) is 20.8. The Morgan fingerprint density at radius 2 is 1.40 bits per heavy atom. The van der Waals surface area contributed by atoms with E-state index in [0.29, 0.717) is 30.0 Å². The van der Waals surface area contributed by atoms with Crippen molar-refractivity contribution in [2.45, 2.75) is 0 Å². The molecule has 0 unspecified atom stereocenters. The minimum absolute atomic E-state index is 0.139. The summed E-state index contributed by atoms with van der Waals surface area (Å²) in [4.78, 5) is 32.1. The average Bonchev–Trinajstić information content (AvgIpc) is 2.73. The van der Waals surface area contributed by atoms with Crippen LogP contribution in [0.3, 0.4) is 0 Å². The Kier molecular flexibility index (Phi) is 6.28. The molecule has 0 bridgehead atoms. The van der Waals surface area contributed by atoms with E-state index in [1.54, 1.807) is 18.2 Å². The van der Waals surface area contributed by atoms with E-state index in [9.17, 15) is 20.2 Å². The van der Waals surface area contributed by atoms with Gasteiger partial charge in [0, 0.05) is 42.2 Å². The number of nitrogens with zero attached hydrogens (tertiary/aromatic N) is 5. The largest absolute Gasteiger partial charge is 0.492 e. The van der Waals surface area contributed by atoms with Gasteiger partial charge in [-0.15, -0.1) is 0 Å². The third kappa shape index (κ3) is 4.73. The molecule has 0 aliphatic heterocycles. The molecule has 0 saturated carbocycles. The average molecular weight is 409 g/mol. The molecule has 30 heavy (non-hydrogen) atoms. The van der Waals surface area contributed by atoms with Crippen molar-refractivity contribution >= 4 is 11.4 Å². The highest BCUT2D eigenvalue weighted by Crippen LogP contribution is 2.36. The monoisotopic (exact) mass is 409 g/mol. The normalized spacial score (nSPS) is 10.8. The van der Waals surface area contributed by atoms with Crippen LogP contribution in [0.25, 0.3) is 22.5 Å². The van der Waals surface area contributed by atoms with Crippen LogP contribution in [0.1, 0.15) is 0 Å². The van der Waals surface area contributed by atoms with Gasteiger partial charge in [0.05, 0.1) is 9.85 Å². The summed E-state index contributed by atoms with van der Waals surface area (Å²) < 4.78 is 5.80. The molecule has 1 aromatic carbocycles. The summed E-state index contributed by atoms with van der Waals surface area (Å²) in [7, 11) is 3.80. The van der Waals surface area contributed by atoms with E-state index in [1.165, 1.54) is 36.7 Å². The van der Waals surface area contributed by atoms with Crippen LogP contribution >= 0.6 is 0 Å². The van der Waals surface area contributed by atoms with Crippen molar-refractivity contribution in [1.82, 2.24) is 14.9 Å². The van der Waals surface area contributed by atoms with Gasteiger partial charge in [0.25, 0.3) is 11.4 Å². The number of likely N-dealkylation sites (N-methyl/N-ethyl adjacent to an activating group) is 1. The van der Waals surface area contributed by atoms with Crippen LogP contribution in [-0.2, 0) is 0 Å². The van der Waals surface area contributed by atoms with Gasteiger partial charge in [-0.25, -0.2) is 9.97 Å². The summed E-state index contributed by atoms with van der Waals surface area (Å²) in [6.07, 6.45) is 2.90. The second-order valence-corrected chi connectivity index (χ2v) is 6.65. The number of nitro groups is 2. The van der Waals surface area contributed by atoms with Crippen molar-refractivity contribution in [3.63, 3.8) is 0 Å². The number of benzene rings is 1. The van der Waals surface area contributed by atoms with Crippen molar-refractivity contribution in [1.29, 1.82) is 0 Å². The molecular formula is C20H19N5O5. The smallest absolute Gasteiger partial charge is 0.295 e. The fourth-order valence-electron chi connectivity index (χ4n) is 2.84. The molecule has 0 aliphatic rings. The maximum absolute atomic E-state index is 11.5. The summed E-state index contributed by atoms with van der Waals surface area (Å²) in [5.41, 5.74) is 0.730. The molecule has 0 N–H and O–H groups in total. The molecule has 10 nitrogen and oxygen atoms in total. The van der Waals surface area contributed by atoms with Gasteiger partial charge in [-0.2, -0.15) is 0 Å². The molecule has 0 atom stereocenters. The zero-order valence-corrected chi connectivity index (χ0v) is 16.4. The lowest BCUT2D eigenvalue weighted by Gasteiger charge is -2.13. The number of hydrogen-bond acceptors (Lipinski definition) is 8. The number of pyridine rings is 2. The first-order chi connectivity index (χ1) is 14.4. The van der Waals surface area contributed by atoms with Crippen molar-refractivity contribution < 1.29 is 14.6 Å². The molecule has 0 aliphatic carbocycles. The Balaban J connectivity index is 2.16. The lowest BCUT2D eigenvalue weighted by molar-refractivity contribution is -0.384. The SMILES string of the molecule is CN(C)CCOc1cc(-c2ncccc2[N+](=O)[O-])cc(-c2ncccc2[N+](=O)[O-])c1. The molecule has 0 fully saturated rings. The summed E-state index contributed by atoms with van der Waals surface area (Å²) >= 11 is 0. The maximum atomic E-state index is 11.5. The van der Waals surface area contributed by atoms with E-state index in [-0.39, 0.29) is 22.8 Å². The van der Waals surface area contributed by atoms with Gasteiger partial charge in [-0.05, 0) is 44.4 Å². The van der Waals surface area contributed by atoms with Gasteiger partial charge in [-0.1, -0.05) is 0 Å². The lowest BCUT2D eigenvalue weighted by atomic mass is 10.0. The molecule has 3 aromatic rings. The van der Waals surface area contributed by atoms with E-state index >= 15 is 0 Å². The number of rotatable bonds is 8.